The van der Waals surface area contributed by atoms with Gasteiger partial charge >= 0.3 is 5.97 Å². The van der Waals surface area contributed by atoms with Gasteiger partial charge in [-0.3, -0.25) is 0 Å². The highest BCUT2D eigenvalue weighted by atomic mass is 16.5. The molecule has 0 fully saturated rings. The first-order chi connectivity index (χ1) is 8.24. The van der Waals surface area contributed by atoms with Crippen molar-refractivity contribution in [1.82, 2.24) is 0 Å². The zero-order valence-electron chi connectivity index (χ0n) is 9.76. The lowest BCUT2D eigenvalue weighted by Crippen LogP contribution is -2.06. The number of phenolic OH excluding ortho intramolecular Hbond substituents is 1. The Morgan fingerprint density at radius 3 is 2.35 bits per heavy atom. The molecule has 0 amide bonds. The van der Waals surface area contributed by atoms with Crippen molar-refractivity contribution in [2.24, 2.45) is 0 Å². The Kier molecular flexibility index (Phi) is 6.10. The van der Waals surface area contributed by atoms with Gasteiger partial charge in [0.25, 0.3) is 0 Å². The van der Waals surface area contributed by atoms with Gasteiger partial charge in [0.05, 0.1) is 12.2 Å². The number of ether oxygens (including phenoxy) is 1. The van der Waals surface area contributed by atoms with Crippen molar-refractivity contribution >= 4 is 5.97 Å². The quantitative estimate of drug-likeness (QED) is 0.564. The van der Waals surface area contributed by atoms with E-state index in [-0.39, 0.29) is 18.3 Å². The number of aliphatic hydroxyl groups excluding tert-OH is 1. The van der Waals surface area contributed by atoms with E-state index >= 15 is 0 Å². The number of carbonyl (C=O) groups is 1. The lowest BCUT2D eigenvalue weighted by molar-refractivity contribution is 0.0497. The summed E-state index contributed by atoms with van der Waals surface area (Å²) in [4.78, 5) is 11.5. The summed E-state index contributed by atoms with van der Waals surface area (Å²) in [5.41, 5.74) is 0.443. The highest BCUT2D eigenvalue weighted by Crippen LogP contribution is 2.10. The van der Waals surface area contributed by atoms with Gasteiger partial charge in [-0.05, 0) is 43.5 Å². The van der Waals surface area contributed by atoms with Crippen LogP contribution >= 0.6 is 0 Å². The Labute approximate surface area is 101 Å². The first kappa shape index (κ1) is 13.5. The van der Waals surface area contributed by atoms with Gasteiger partial charge in [-0.1, -0.05) is 6.42 Å². The zero-order valence-corrected chi connectivity index (χ0v) is 9.76. The van der Waals surface area contributed by atoms with E-state index < -0.39 is 0 Å². The average molecular weight is 238 g/mol. The van der Waals surface area contributed by atoms with Gasteiger partial charge in [0.2, 0.25) is 0 Å². The van der Waals surface area contributed by atoms with Gasteiger partial charge < -0.3 is 14.9 Å². The first-order valence-electron chi connectivity index (χ1n) is 5.81. The Morgan fingerprint density at radius 1 is 1.06 bits per heavy atom. The van der Waals surface area contributed by atoms with E-state index in [4.69, 9.17) is 14.9 Å². The zero-order chi connectivity index (χ0) is 12.5. The summed E-state index contributed by atoms with van der Waals surface area (Å²) in [6, 6.07) is 5.97. The molecule has 17 heavy (non-hydrogen) atoms. The van der Waals surface area contributed by atoms with Crippen LogP contribution in [0.15, 0.2) is 24.3 Å². The van der Waals surface area contributed by atoms with Gasteiger partial charge in [0.1, 0.15) is 5.75 Å². The molecular formula is C13H18O4. The number of benzene rings is 1. The second-order valence-electron chi connectivity index (χ2n) is 3.82. The van der Waals surface area contributed by atoms with Crippen LogP contribution in [0.4, 0.5) is 0 Å². The Morgan fingerprint density at radius 2 is 1.71 bits per heavy atom. The number of carbonyl (C=O) groups excluding carboxylic acids is 1. The molecule has 4 nitrogen and oxygen atoms in total. The number of hydrogen-bond acceptors (Lipinski definition) is 4. The smallest absolute Gasteiger partial charge is 0.338 e. The summed E-state index contributed by atoms with van der Waals surface area (Å²) in [5, 5.41) is 17.6. The summed E-state index contributed by atoms with van der Waals surface area (Å²) < 4.78 is 5.07. The largest absolute Gasteiger partial charge is 0.508 e. The van der Waals surface area contributed by atoms with Crippen LogP contribution in [0.5, 0.6) is 5.75 Å². The normalized spacial score (nSPS) is 10.2. The van der Waals surface area contributed by atoms with Gasteiger partial charge in [-0.25, -0.2) is 4.79 Å². The Bertz CT molecular complexity index is 332. The maximum atomic E-state index is 11.5. The van der Waals surface area contributed by atoms with Gasteiger partial charge in [-0.2, -0.15) is 0 Å². The number of aromatic hydroxyl groups is 1. The van der Waals surface area contributed by atoms with Gasteiger partial charge in [0.15, 0.2) is 0 Å². The van der Waals surface area contributed by atoms with E-state index in [1.165, 1.54) is 24.3 Å². The maximum Gasteiger partial charge on any atom is 0.338 e. The second kappa shape index (κ2) is 7.68. The van der Waals surface area contributed by atoms with Crippen LogP contribution < -0.4 is 0 Å². The maximum absolute atomic E-state index is 11.5. The summed E-state index contributed by atoms with van der Waals surface area (Å²) >= 11 is 0. The summed E-state index contributed by atoms with van der Waals surface area (Å²) in [7, 11) is 0. The Balaban J connectivity index is 2.19. The molecule has 1 aromatic carbocycles. The minimum Gasteiger partial charge on any atom is -0.508 e. The van der Waals surface area contributed by atoms with Crippen LogP contribution in [0.25, 0.3) is 0 Å². The molecule has 0 aliphatic carbocycles. The summed E-state index contributed by atoms with van der Waals surface area (Å²) in [6.45, 7) is 0.610. The number of aliphatic hydroxyl groups is 1. The average Bonchev–Trinajstić information content (AvgIpc) is 2.34. The molecular weight excluding hydrogens is 220 g/mol. The second-order valence-corrected chi connectivity index (χ2v) is 3.82. The van der Waals surface area contributed by atoms with Gasteiger partial charge in [0, 0.05) is 6.61 Å². The molecule has 0 atom stereocenters. The van der Waals surface area contributed by atoms with E-state index in [1.54, 1.807) is 0 Å². The SMILES string of the molecule is O=C(OCCCCCCO)c1ccc(O)cc1. The molecule has 94 valence electrons. The highest BCUT2D eigenvalue weighted by Gasteiger charge is 2.05. The highest BCUT2D eigenvalue weighted by molar-refractivity contribution is 5.89. The number of unbranched alkanes of at least 4 members (excludes halogenated alkanes) is 3. The number of hydrogen-bond donors (Lipinski definition) is 2. The van der Waals surface area contributed by atoms with Gasteiger partial charge in [-0.15, -0.1) is 0 Å². The number of esters is 1. The Hall–Kier alpha value is -1.55. The molecule has 0 saturated carbocycles. The fourth-order valence-electron chi connectivity index (χ4n) is 1.41. The van der Waals surface area contributed by atoms with Crippen molar-refractivity contribution in [3.63, 3.8) is 0 Å². The van der Waals surface area contributed by atoms with Crippen LogP contribution in [0, 0.1) is 0 Å². The molecule has 0 spiro atoms. The third-order valence-corrected chi connectivity index (χ3v) is 2.39. The fourth-order valence-corrected chi connectivity index (χ4v) is 1.41. The lowest BCUT2D eigenvalue weighted by atomic mass is 10.2. The fraction of sp³-hybridized carbons (Fsp3) is 0.462. The third-order valence-electron chi connectivity index (χ3n) is 2.39. The minimum atomic E-state index is -0.368. The van der Waals surface area contributed by atoms with Crippen molar-refractivity contribution in [3.05, 3.63) is 29.8 Å². The minimum absolute atomic E-state index is 0.130. The summed E-state index contributed by atoms with van der Waals surface area (Å²) in [6.07, 6.45) is 3.51. The van der Waals surface area contributed by atoms with Crippen LogP contribution in [-0.2, 0) is 4.74 Å². The molecule has 0 radical (unpaired) electrons. The molecule has 4 heteroatoms. The van der Waals surface area contributed by atoms with E-state index in [1.807, 2.05) is 0 Å². The first-order valence-corrected chi connectivity index (χ1v) is 5.81. The van der Waals surface area contributed by atoms with Crippen LogP contribution in [0.3, 0.4) is 0 Å². The number of phenols is 1. The standard InChI is InChI=1S/C13H18O4/c14-9-3-1-2-4-10-17-13(16)11-5-7-12(15)8-6-11/h5-8,14-15H,1-4,9-10H2. The molecule has 2 N–H and O–H groups in total. The monoisotopic (exact) mass is 238 g/mol. The number of rotatable bonds is 7. The molecule has 0 aliphatic rings. The van der Waals surface area contributed by atoms with Crippen molar-refractivity contribution in [2.45, 2.75) is 25.7 Å². The van der Waals surface area contributed by atoms with Crippen LogP contribution in [0.1, 0.15) is 36.0 Å². The lowest BCUT2D eigenvalue weighted by Gasteiger charge is -2.04. The van der Waals surface area contributed by atoms with E-state index in [0.717, 1.165) is 25.7 Å². The third kappa shape index (κ3) is 5.36. The molecule has 0 unspecified atom stereocenters. The van der Waals surface area contributed by atoms with Crippen molar-refractivity contribution in [1.29, 1.82) is 0 Å². The molecule has 0 bridgehead atoms. The van der Waals surface area contributed by atoms with Crippen molar-refractivity contribution in [2.75, 3.05) is 13.2 Å². The van der Waals surface area contributed by atoms with Crippen LogP contribution in [0.2, 0.25) is 0 Å². The van der Waals surface area contributed by atoms with Crippen LogP contribution in [-0.4, -0.2) is 29.4 Å². The van der Waals surface area contributed by atoms with Crippen molar-refractivity contribution in [3.8, 4) is 5.75 Å². The summed E-state index contributed by atoms with van der Waals surface area (Å²) in [5.74, 6) is -0.238. The molecule has 1 aromatic rings. The molecule has 0 saturated heterocycles. The molecule has 1 rings (SSSR count). The van der Waals surface area contributed by atoms with E-state index in [2.05, 4.69) is 0 Å². The van der Waals surface area contributed by atoms with E-state index in [0.29, 0.717) is 12.2 Å². The predicted molar refractivity (Wildman–Crippen MR) is 63.9 cm³/mol. The predicted octanol–water partition coefficient (Wildman–Crippen LogP) is 2.10. The van der Waals surface area contributed by atoms with E-state index in [9.17, 15) is 4.79 Å². The molecule has 0 aliphatic heterocycles. The molecule has 0 heterocycles. The topological polar surface area (TPSA) is 66.8 Å². The molecule has 0 aromatic heterocycles. The van der Waals surface area contributed by atoms with Crippen molar-refractivity contribution < 1.29 is 19.7 Å².